The summed E-state index contributed by atoms with van der Waals surface area (Å²) in [7, 11) is 1.59. The molecule has 23 heavy (non-hydrogen) atoms. The van der Waals surface area contributed by atoms with Crippen molar-refractivity contribution in [3.63, 3.8) is 0 Å². The number of nitro benzene ring substituents is 1. The van der Waals surface area contributed by atoms with Crippen LogP contribution in [0.25, 0.3) is 0 Å². The van der Waals surface area contributed by atoms with Crippen LogP contribution < -0.4 is 10.6 Å². The number of hydrogen-bond donors (Lipinski definition) is 2. The van der Waals surface area contributed by atoms with Crippen molar-refractivity contribution < 1.29 is 9.72 Å². The van der Waals surface area contributed by atoms with Gasteiger partial charge in [0.1, 0.15) is 5.69 Å². The predicted molar refractivity (Wildman–Crippen MR) is 89.9 cm³/mol. The van der Waals surface area contributed by atoms with Gasteiger partial charge >= 0.3 is 0 Å². The molecule has 2 N–H and O–H groups in total. The molecule has 2 rings (SSSR count). The van der Waals surface area contributed by atoms with E-state index in [0.29, 0.717) is 24.2 Å². The molecule has 0 spiro atoms. The molecule has 6 heteroatoms. The van der Waals surface area contributed by atoms with E-state index in [-0.39, 0.29) is 16.5 Å². The minimum Gasteiger partial charge on any atom is -0.379 e. The average Bonchev–Trinajstić information content (AvgIpc) is 2.55. The fourth-order valence-corrected chi connectivity index (χ4v) is 2.30. The Morgan fingerprint density at radius 2 is 2.00 bits per heavy atom. The van der Waals surface area contributed by atoms with E-state index in [1.165, 1.54) is 0 Å². The van der Waals surface area contributed by atoms with Gasteiger partial charge in [0.05, 0.1) is 4.92 Å². The van der Waals surface area contributed by atoms with E-state index < -0.39 is 0 Å². The molecule has 1 amide bonds. The highest BCUT2D eigenvalue weighted by Gasteiger charge is 2.13. The summed E-state index contributed by atoms with van der Waals surface area (Å²) in [5, 5.41) is 16.8. The van der Waals surface area contributed by atoms with Gasteiger partial charge in [0, 0.05) is 25.2 Å². The monoisotopic (exact) mass is 313 g/mol. The lowest BCUT2D eigenvalue weighted by molar-refractivity contribution is -0.384. The summed E-state index contributed by atoms with van der Waals surface area (Å²) >= 11 is 0. The molecule has 0 heterocycles. The van der Waals surface area contributed by atoms with Crippen LogP contribution in [0.2, 0.25) is 0 Å². The lowest BCUT2D eigenvalue weighted by Gasteiger charge is -2.08. The van der Waals surface area contributed by atoms with Crippen LogP contribution in [0.1, 0.15) is 21.5 Å². The van der Waals surface area contributed by atoms with Crippen LogP contribution in [0, 0.1) is 17.0 Å². The van der Waals surface area contributed by atoms with Gasteiger partial charge in [-0.1, -0.05) is 18.2 Å². The first-order chi connectivity index (χ1) is 11.0. The molecule has 6 nitrogen and oxygen atoms in total. The number of carbonyl (C=O) groups excluding carboxylic acids is 1. The number of nitrogens with one attached hydrogen (secondary N) is 2. The number of nitro groups is 1. The van der Waals surface area contributed by atoms with Crippen molar-refractivity contribution in [2.45, 2.75) is 13.3 Å². The number of nitrogens with zero attached hydrogens (tertiary/aromatic N) is 1. The van der Waals surface area contributed by atoms with Gasteiger partial charge in [-0.3, -0.25) is 14.9 Å². The second-order valence-corrected chi connectivity index (χ2v) is 5.23. The first-order valence-electron chi connectivity index (χ1n) is 7.31. The average molecular weight is 313 g/mol. The molecule has 0 fully saturated rings. The van der Waals surface area contributed by atoms with E-state index in [9.17, 15) is 14.9 Å². The number of hydrogen-bond acceptors (Lipinski definition) is 4. The highest BCUT2D eigenvalue weighted by Crippen LogP contribution is 2.25. The Kier molecular flexibility index (Phi) is 5.30. The van der Waals surface area contributed by atoms with Crippen molar-refractivity contribution in [2.75, 3.05) is 18.9 Å². The maximum atomic E-state index is 11.6. The Morgan fingerprint density at radius 3 is 2.70 bits per heavy atom. The van der Waals surface area contributed by atoms with Crippen molar-refractivity contribution in [3.05, 3.63) is 69.3 Å². The summed E-state index contributed by atoms with van der Waals surface area (Å²) in [6.07, 6.45) is 0.663. The van der Waals surface area contributed by atoms with E-state index >= 15 is 0 Å². The molecule has 120 valence electrons. The Labute approximate surface area is 134 Å². The van der Waals surface area contributed by atoms with Crippen LogP contribution in [0.15, 0.2) is 42.5 Å². The molecule has 0 radical (unpaired) electrons. The SMILES string of the molecule is CNC(=O)c1cccc(CCNc2ccc(C)cc2[N+](=O)[O-])c1. The maximum Gasteiger partial charge on any atom is 0.292 e. The first-order valence-corrected chi connectivity index (χ1v) is 7.31. The zero-order chi connectivity index (χ0) is 16.8. The molecule has 0 saturated heterocycles. The number of rotatable bonds is 6. The van der Waals surface area contributed by atoms with Gasteiger partial charge in [-0.25, -0.2) is 0 Å². The third-order valence-corrected chi connectivity index (χ3v) is 3.50. The highest BCUT2D eigenvalue weighted by molar-refractivity contribution is 5.94. The summed E-state index contributed by atoms with van der Waals surface area (Å²) in [6.45, 7) is 2.36. The van der Waals surface area contributed by atoms with E-state index in [0.717, 1.165) is 11.1 Å². The minimum absolute atomic E-state index is 0.0733. The largest absolute Gasteiger partial charge is 0.379 e. The fraction of sp³-hybridized carbons (Fsp3) is 0.235. The van der Waals surface area contributed by atoms with Gasteiger partial charge in [0.25, 0.3) is 11.6 Å². The van der Waals surface area contributed by atoms with Gasteiger partial charge in [-0.15, -0.1) is 0 Å². The smallest absolute Gasteiger partial charge is 0.292 e. The molecule has 0 bridgehead atoms. The van der Waals surface area contributed by atoms with Crippen molar-refractivity contribution in [2.24, 2.45) is 0 Å². The standard InChI is InChI=1S/C17H19N3O3/c1-12-6-7-15(16(10-12)20(22)23)19-9-8-13-4-3-5-14(11-13)17(21)18-2/h3-7,10-11,19H,8-9H2,1-2H3,(H,18,21). The van der Waals surface area contributed by atoms with Gasteiger partial charge in [-0.2, -0.15) is 0 Å². The van der Waals surface area contributed by atoms with Crippen LogP contribution in [-0.2, 0) is 6.42 Å². The minimum atomic E-state index is -0.387. The normalized spacial score (nSPS) is 10.2. The third-order valence-electron chi connectivity index (χ3n) is 3.50. The first kappa shape index (κ1) is 16.5. The van der Waals surface area contributed by atoms with Gasteiger partial charge in [-0.05, 0) is 42.7 Å². The predicted octanol–water partition coefficient (Wildman–Crippen LogP) is 2.92. The van der Waals surface area contributed by atoms with Crippen LogP contribution in [0.4, 0.5) is 11.4 Å². The second-order valence-electron chi connectivity index (χ2n) is 5.23. The third kappa shape index (κ3) is 4.29. The highest BCUT2D eigenvalue weighted by atomic mass is 16.6. The summed E-state index contributed by atoms with van der Waals surface area (Å²) in [5.74, 6) is -0.131. The molecule has 0 atom stereocenters. The topological polar surface area (TPSA) is 84.3 Å². The lowest BCUT2D eigenvalue weighted by Crippen LogP contribution is -2.18. The van der Waals surface area contributed by atoms with E-state index in [4.69, 9.17) is 0 Å². The van der Waals surface area contributed by atoms with Gasteiger partial charge in [0.15, 0.2) is 0 Å². The molecule has 0 aliphatic carbocycles. The van der Waals surface area contributed by atoms with Crippen molar-refractivity contribution in [1.82, 2.24) is 5.32 Å². The van der Waals surface area contributed by atoms with Crippen LogP contribution >= 0.6 is 0 Å². The molecular formula is C17H19N3O3. The van der Waals surface area contributed by atoms with Crippen molar-refractivity contribution in [1.29, 1.82) is 0 Å². The Balaban J connectivity index is 2.03. The number of benzene rings is 2. The summed E-state index contributed by atoms with van der Waals surface area (Å²) in [6, 6.07) is 12.4. The van der Waals surface area contributed by atoms with Gasteiger partial charge in [0.2, 0.25) is 0 Å². The van der Waals surface area contributed by atoms with Crippen LogP contribution in [-0.4, -0.2) is 24.4 Å². The van der Waals surface area contributed by atoms with Crippen LogP contribution in [0.3, 0.4) is 0 Å². The number of aryl methyl sites for hydroxylation is 1. The second kappa shape index (κ2) is 7.40. The summed E-state index contributed by atoms with van der Waals surface area (Å²) in [5.41, 5.74) is 3.02. The molecule has 0 unspecified atom stereocenters. The molecule has 2 aromatic carbocycles. The fourth-order valence-electron chi connectivity index (χ4n) is 2.30. The summed E-state index contributed by atoms with van der Waals surface area (Å²) < 4.78 is 0. The zero-order valence-corrected chi connectivity index (χ0v) is 13.1. The quantitative estimate of drug-likeness (QED) is 0.634. The molecule has 0 aliphatic heterocycles. The van der Waals surface area contributed by atoms with Crippen molar-refractivity contribution >= 4 is 17.3 Å². The summed E-state index contributed by atoms with van der Waals surface area (Å²) in [4.78, 5) is 22.3. The van der Waals surface area contributed by atoms with E-state index in [2.05, 4.69) is 10.6 Å². The number of amides is 1. The van der Waals surface area contributed by atoms with Crippen LogP contribution in [0.5, 0.6) is 0 Å². The zero-order valence-electron chi connectivity index (χ0n) is 13.1. The van der Waals surface area contributed by atoms with Crippen molar-refractivity contribution in [3.8, 4) is 0 Å². The van der Waals surface area contributed by atoms with Gasteiger partial charge < -0.3 is 10.6 Å². The lowest BCUT2D eigenvalue weighted by atomic mass is 10.1. The van der Waals surface area contributed by atoms with E-state index in [1.54, 1.807) is 25.2 Å². The van der Waals surface area contributed by atoms with E-state index in [1.807, 2.05) is 31.2 Å². The Morgan fingerprint density at radius 1 is 1.22 bits per heavy atom. The molecule has 0 aromatic heterocycles. The number of anilines is 1. The Bertz CT molecular complexity index is 729. The Hall–Kier alpha value is -2.89. The number of carbonyl (C=O) groups is 1. The molecule has 0 aliphatic rings. The molecular weight excluding hydrogens is 294 g/mol. The maximum absolute atomic E-state index is 11.6. The molecule has 0 saturated carbocycles. The molecule has 2 aromatic rings.